The van der Waals surface area contributed by atoms with Crippen molar-refractivity contribution in [2.24, 2.45) is 0 Å². The van der Waals surface area contributed by atoms with Gasteiger partial charge in [0.2, 0.25) is 5.91 Å². The van der Waals surface area contributed by atoms with Crippen molar-refractivity contribution in [2.45, 2.75) is 25.6 Å². The maximum Gasteiger partial charge on any atom is 0.434 e. The van der Waals surface area contributed by atoms with Crippen LogP contribution >= 0.6 is 0 Å². The number of alkyl halides is 3. The van der Waals surface area contributed by atoms with E-state index in [9.17, 15) is 22.8 Å². The summed E-state index contributed by atoms with van der Waals surface area (Å²) in [5.74, 6) is -1.30. The first-order valence-electron chi connectivity index (χ1n) is 7.54. The minimum absolute atomic E-state index is 0.267. The SMILES string of the molecule is CCC(NC(=O)c1cccnc1C(F)(F)F)C(=O)N1CCOCC1. The molecule has 2 heterocycles. The summed E-state index contributed by atoms with van der Waals surface area (Å²) < 4.78 is 44.0. The molecule has 0 spiro atoms. The molecule has 1 aliphatic rings. The Balaban J connectivity index is 2.14. The number of nitrogens with one attached hydrogen (secondary N) is 1. The lowest BCUT2D eigenvalue weighted by Crippen LogP contribution is -2.51. The molecule has 24 heavy (non-hydrogen) atoms. The molecular weight excluding hydrogens is 327 g/mol. The fraction of sp³-hybridized carbons (Fsp3) is 0.533. The van der Waals surface area contributed by atoms with Crippen molar-refractivity contribution in [3.05, 3.63) is 29.6 Å². The molecule has 132 valence electrons. The topological polar surface area (TPSA) is 71.5 Å². The summed E-state index contributed by atoms with van der Waals surface area (Å²) in [6.07, 6.45) is -3.51. The lowest BCUT2D eigenvalue weighted by Gasteiger charge is -2.30. The first-order valence-corrected chi connectivity index (χ1v) is 7.54. The van der Waals surface area contributed by atoms with Crippen LogP contribution in [0, 0.1) is 0 Å². The quantitative estimate of drug-likeness (QED) is 0.897. The number of carbonyl (C=O) groups excluding carboxylic acids is 2. The molecule has 1 saturated heterocycles. The van der Waals surface area contributed by atoms with E-state index in [1.165, 1.54) is 11.0 Å². The maximum absolute atomic E-state index is 12.9. The zero-order valence-corrected chi connectivity index (χ0v) is 13.1. The van der Waals surface area contributed by atoms with Crippen LogP contribution in [0.15, 0.2) is 18.3 Å². The summed E-state index contributed by atoms with van der Waals surface area (Å²) in [7, 11) is 0. The smallest absolute Gasteiger partial charge is 0.378 e. The van der Waals surface area contributed by atoms with Crippen molar-refractivity contribution in [3.8, 4) is 0 Å². The zero-order chi connectivity index (χ0) is 17.7. The van der Waals surface area contributed by atoms with Crippen molar-refractivity contribution in [1.29, 1.82) is 0 Å². The summed E-state index contributed by atoms with van der Waals surface area (Å²) in [6.45, 7) is 3.27. The highest BCUT2D eigenvalue weighted by Crippen LogP contribution is 2.30. The van der Waals surface area contributed by atoms with Crippen LogP contribution in [0.5, 0.6) is 0 Å². The molecule has 1 fully saturated rings. The Labute approximate surface area is 137 Å². The summed E-state index contributed by atoms with van der Waals surface area (Å²) >= 11 is 0. The molecule has 0 aliphatic carbocycles. The van der Waals surface area contributed by atoms with Crippen LogP contribution in [-0.2, 0) is 15.7 Å². The number of halogens is 3. The van der Waals surface area contributed by atoms with Crippen LogP contribution in [0.25, 0.3) is 0 Å². The highest BCUT2D eigenvalue weighted by molar-refractivity contribution is 5.98. The number of carbonyl (C=O) groups is 2. The van der Waals surface area contributed by atoms with Gasteiger partial charge in [0.1, 0.15) is 6.04 Å². The summed E-state index contributed by atoms with van der Waals surface area (Å²) in [5, 5.41) is 2.38. The van der Waals surface area contributed by atoms with Gasteiger partial charge < -0.3 is 15.0 Å². The number of hydrogen-bond acceptors (Lipinski definition) is 4. The molecule has 0 bridgehead atoms. The number of amides is 2. The van der Waals surface area contributed by atoms with Gasteiger partial charge in [0.05, 0.1) is 18.8 Å². The average molecular weight is 345 g/mol. The fourth-order valence-electron chi connectivity index (χ4n) is 2.39. The Kier molecular flexibility index (Phi) is 5.76. The number of rotatable bonds is 4. The Bertz CT molecular complexity index is 601. The number of hydrogen-bond donors (Lipinski definition) is 1. The van der Waals surface area contributed by atoms with Gasteiger partial charge in [-0.15, -0.1) is 0 Å². The van der Waals surface area contributed by atoms with Gasteiger partial charge in [-0.3, -0.25) is 14.6 Å². The second kappa shape index (κ2) is 7.61. The first-order chi connectivity index (χ1) is 11.3. The average Bonchev–Trinajstić information content (AvgIpc) is 2.59. The van der Waals surface area contributed by atoms with Crippen LogP contribution in [0.4, 0.5) is 13.2 Å². The van der Waals surface area contributed by atoms with Crippen molar-refractivity contribution in [3.63, 3.8) is 0 Å². The van der Waals surface area contributed by atoms with Crippen LogP contribution in [-0.4, -0.2) is 54.0 Å². The molecule has 1 aliphatic heterocycles. The third kappa shape index (κ3) is 4.22. The molecule has 2 rings (SSSR count). The van der Waals surface area contributed by atoms with E-state index in [-0.39, 0.29) is 12.3 Å². The van der Waals surface area contributed by atoms with Gasteiger partial charge in [0, 0.05) is 19.3 Å². The molecule has 1 aromatic heterocycles. The molecule has 0 aromatic carbocycles. The Morgan fingerprint density at radius 2 is 2.04 bits per heavy atom. The van der Waals surface area contributed by atoms with Crippen molar-refractivity contribution in [2.75, 3.05) is 26.3 Å². The van der Waals surface area contributed by atoms with Crippen LogP contribution < -0.4 is 5.32 Å². The molecule has 1 aromatic rings. The predicted octanol–water partition coefficient (Wildman–Crippen LogP) is 1.47. The van der Waals surface area contributed by atoms with Gasteiger partial charge in [0.15, 0.2) is 5.69 Å². The van der Waals surface area contributed by atoms with Crippen LogP contribution in [0.1, 0.15) is 29.4 Å². The molecule has 0 saturated carbocycles. The number of morpholine rings is 1. The van der Waals surface area contributed by atoms with E-state index >= 15 is 0 Å². The molecular formula is C15H18F3N3O3. The second-order valence-corrected chi connectivity index (χ2v) is 5.27. The Morgan fingerprint density at radius 1 is 1.38 bits per heavy atom. The van der Waals surface area contributed by atoms with Gasteiger partial charge in [-0.25, -0.2) is 0 Å². The Morgan fingerprint density at radius 3 is 2.62 bits per heavy atom. The molecule has 1 N–H and O–H groups in total. The molecule has 1 atom stereocenters. The van der Waals surface area contributed by atoms with E-state index in [2.05, 4.69) is 10.3 Å². The highest BCUT2D eigenvalue weighted by Gasteiger charge is 2.37. The molecule has 6 nitrogen and oxygen atoms in total. The number of pyridine rings is 1. The minimum atomic E-state index is -4.75. The lowest BCUT2D eigenvalue weighted by molar-refractivity contribution is -0.141. The van der Waals surface area contributed by atoms with Gasteiger partial charge in [0.25, 0.3) is 5.91 Å². The third-order valence-corrected chi connectivity index (χ3v) is 3.66. The fourth-order valence-corrected chi connectivity index (χ4v) is 2.39. The molecule has 9 heteroatoms. The van der Waals surface area contributed by atoms with E-state index < -0.39 is 29.4 Å². The van der Waals surface area contributed by atoms with Crippen LogP contribution in [0.3, 0.4) is 0 Å². The van der Waals surface area contributed by atoms with E-state index in [4.69, 9.17) is 4.74 Å². The highest BCUT2D eigenvalue weighted by atomic mass is 19.4. The van der Waals surface area contributed by atoms with Gasteiger partial charge >= 0.3 is 6.18 Å². The van der Waals surface area contributed by atoms with Crippen molar-refractivity contribution >= 4 is 11.8 Å². The Hall–Kier alpha value is -2.16. The van der Waals surface area contributed by atoms with Gasteiger partial charge in [-0.1, -0.05) is 6.92 Å². The normalized spacial score (nSPS) is 16.6. The van der Waals surface area contributed by atoms with E-state index in [1.54, 1.807) is 6.92 Å². The summed E-state index contributed by atoms with van der Waals surface area (Å²) in [6, 6.07) is 1.39. The number of aromatic nitrogens is 1. The van der Waals surface area contributed by atoms with E-state index in [1.807, 2.05) is 0 Å². The lowest BCUT2D eigenvalue weighted by atomic mass is 10.1. The van der Waals surface area contributed by atoms with Crippen molar-refractivity contribution in [1.82, 2.24) is 15.2 Å². The summed E-state index contributed by atoms with van der Waals surface area (Å²) in [4.78, 5) is 29.4. The third-order valence-electron chi connectivity index (χ3n) is 3.66. The largest absolute Gasteiger partial charge is 0.434 e. The second-order valence-electron chi connectivity index (χ2n) is 5.27. The predicted molar refractivity (Wildman–Crippen MR) is 78.2 cm³/mol. The van der Waals surface area contributed by atoms with E-state index in [0.717, 1.165) is 12.3 Å². The molecule has 1 unspecified atom stereocenters. The zero-order valence-electron chi connectivity index (χ0n) is 13.1. The van der Waals surface area contributed by atoms with Gasteiger partial charge in [-0.2, -0.15) is 13.2 Å². The van der Waals surface area contributed by atoms with Gasteiger partial charge in [-0.05, 0) is 18.6 Å². The maximum atomic E-state index is 12.9. The molecule has 2 amide bonds. The van der Waals surface area contributed by atoms with Crippen LogP contribution in [0.2, 0.25) is 0 Å². The van der Waals surface area contributed by atoms with Crippen molar-refractivity contribution < 1.29 is 27.5 Å². The molecule has 0 radical (unpaired) electrons. The number of nitrogens with zero attached hydrogens (tertiary/aromatic N) is 2. The summed E-state index contributed by atoms with van der Waals surface area (Å²) in [5.41, 5.74) is -1.87. The standard InChI is InChI=1S/C15H18F3N3O3/c1-2-11(14(23)21-6-8-24-9-7-21)20-13(22)10-4-3-5-19-12(10)15(16,17)18/h3-5,11H,2,6-9H2,1H3,(H,20,22). The number of ether oxygens (including phenoxy) is 1. The minimum Gasteiger partial charge on any atom is -0.378 e. The van der Waals surface area contributed by atoms with E-state index in [0.29, 0.717) is 26.3 Å². The monoisotopic (exact) mass is 345 g/mol. The first kappa shape index (κ1) is 18.2.